The van der Waals surface area contributed by atoms with E-state index < -0.39 is 65.8 Å². The number of rotatable bonds is 14. The van der Waals surface area contributed by atoms with E-state index in [2.05, 4.69) is 4.74 Å². The van der Waals surface area contributed by atoms with Crippen LogP contribution in [0, 0.1) is 0 Å². The fourth-order valence-corrected chi connectivity index (χ4v) is 3.16. The van der Waals surface area contributed by atoms with Crippen LogP contribution in [0.25, 0.3) is 0 Å². The summed E-state index contributed by atoms with van der Waals surface area (Å²) in [5.41, 5.74) is 0. The van der Waals surface area contributed by atoms with Crippen LogP contribution in [0.15, 0.2) is 0 Å². The average molecular weight is 594 g/mol. The molecule has 0 aromatic heterocycles. The predicted octanol–water partition coefficient (Wildman–Crippen LogP) is 7.46. The number of carbonyl (C=O) groups excluding carboxylic acids is 1. The Hall–Kier alpha value is -1.37. The lowest BCUT2D eigenvalue weighted by Crippen LogP contribution is -2.74. The number of alkyl halides is 17. The summed E-state index contributed by atoms with van der Waals surface area (Å²) in [4.78, 5) is 11.0. The third-order valence-electron chi connectivity index (χ3n) is 4.32. The van der Waals surface area contributed by atoms with Gasteiger partial charge >= 0.3 is 53.6 Å². The van der Waals surface area contributed by atoms with Gasteiger partial charge < -0.3 is 4.74 Å². The summed E-state index contributed by atoms with van der Waals surface area (Å²) >= 11 is 0.244. The van der Waals surface area contributed by atoms with Crippen molar-refractivity contribution in [3.63, 3.8) is 0 Å². The molecule has 0 atom stereocenters. The van der Waals surface area contributed by atoms with Crippen LogP contribution < -0.4 is 0 Å². The summed E-state index contributed by atoms with van der Waals surface area (Å²) in [6.07, 6.45) is -10.7. The van der Waals surface area contributed by atoms with E-state index in [-0.39, 0.29) is 37.0 Å². The van der Waals surface area contributed by atoms with Crippen molar-refractivity contribution in [3.05, 3.63) is 0 Å². The fraction of sp³-hybridized carbons (Fsp3) is 0.938. The molecule has 0 aromatic rings. The number of hydrogen-bond acceptors (Lipinski definition) is 3. The van der Waals surface area contributed by atoms with Gasteiger partial charge in [0.2, 0.25) is 0 Å². The highest BCUT2D eigenvalue weighted by atomic mass is 32.2. The molecular formula is C16H15F17O2S. The van der Waals surface area contributed by atoms with Crippen LogP contribution in [0.3, 0.4) is 0 Å². The highest BCUT2D eigenvalue weighted by Gasteiger charge is 2.95. The van der Waals surface area contributed by atoms with E-state index in [0.29, 0.717) is 0 Å². The van der Waals surface area contributed by atoms with Gasteiger partial charge in [-0.1, -0.05) is 0 Å². The van der Waals surface area contributed by atoms with Crippen molar-refractivity contribution < 1.29 is 84.2 Å². The van der Waals surface area contributed by atoms with Crippen LogP contribution in [-0.4, -0.2) is 71.7 Å². The van der Waals surface area contributed by atoms with Crippen molar-refractivity contribution in [1.82, 2.24) is 0 Å². The molecule has 0 aliphatic heterocycles. The number of hydrogen-bond donors (Lipinski definition) is 0. The molecule has 0 rings (SSSR count). The summed E-state index contributed by atoms with van der Waals surface area (Å²) in [6.45, 7) is 1.39. The molecule has 0 aliphatic carbocycles. The van der Waals surface area contributed by atoms with E-state index in [4.69, 9.17) is 0 Å². The van der Waals surface area contributed by atoms with Crippen molar-refractivity contribution >= 4 is 17.7 Å². The number of ether oxygens (including phenoxy) is 1. The summed E-state index contributed by atoms with van der Waals surface area (Å²) in [7, 11) is 0. The normalized spacial score (nSPS) is 15.3. The minimum atomic E-state index is -8.62. The molecule has 0 aromatic carbocycles. The van der Waals surface area contributed by atoms with E-state index in [1.807, 2.05) is 0 Å². The highest BCUT2D eigenvalue weighted by Crippen LogP contribution is 2.64. The lowest BCUT2D eigenvalue weighted by Gasteiger charge is -2.42. The van der Waals surface area contributed by atoms with E-state index in [9.17, 15) is 79.4 Å². The van der Waals surface area contributed by atoms with Crippen molar-refractivity contribution in [1.29, 1.82) is 0 Å². The average Bonchev–Trinajstić information content (AvgIpc) is 2.68. The second-order valence-corrected chi connectivity index (χ2v) is 8.14. The Balaban J connectivity index is 5.83. The van der Waals surface area contributed by atoms with Crippen molar-refractivity contribution in [3.8, 4) is 0 Å². The molecule has 0 radical (unpaired) electrons. The maximum absolute atomic E-state index is 13.7. The van der Waals surface area contributed by atoms with E-state index >= 15 is 0 Å². The maximum Gasteiger partial charge on any atom is 0.460 e. The number of thioether (sulfide) groups is 1. The van der Waals surface area contributed by atoms with Crippen LogP contribution >= 0.6 is 11.8 Å². The summed E-state index contributed by atoms with van der Waals surface area (Å²) in [6, 6.07) is 0. The molecule has 2 nitrogen and oxygen atoms in total. The summed E-state index contributed by atoms with van der Waals surface area (Å²) in [5.74, 6) is -58.5. The van der Waals surface area contributed by atoms with Gasteiger partial charge in [0, 0.05) is 12.8 Å². The van der Waals surface area contributed by atoms with Gasteiger partial charge in [-0.15, -0.1) is 0 Å². The molecule has 0 fully saturated rings. The van der Waals surface area contributed by atoms with Crippen LogP contribution in [0.1, 0.15) is 26.2 Å². The topological polar surface area (TPSA) is 26.3 Å². The molecule has 20 heteroatoms. The Morgan fingerprint density at radius 1 is 0.611 bits per heavy atom. The number of carbonyl (C=O) groups is 1. The third-order valence-corrected chi connectivity index (χ3v) is 5.39. The van der Waals surface area contributed by atoms with Gasteiger partial charge in [-0.2, -0.15) is 86.4 Å². The zero-order valence-corrected chi connectivity index (χ0v) is 18.2. The standard InChI is InChI=1S/C16H15F17O2S/c1-2-35-8(34)4-3-6-36-7-5-9(17,18)10(19,20)11(21,22)12(23,24)13(25,26)14(27,28)15(29,30)16(31,32)33/h2-7H2,1H3. The van der Waals surface area contributed by atoms with E-state index in [1.54, 1.807) is 0 Å². The molecule has 0 amide bonds. The third kappa shape index (κ3) is 5.86. The minimum Gasteiger partial charge on any atom is -0.466 e. The van der Waals surface area contributed by atoms with Crippen LogP contribution in [0.2, 0.25) is 0 Å². The molecule has 0 aliphatic rings. The van der Waals surface area contributed by atoms with Gasteiger partial charge in [0.1, 0.15) is 0 Å². The molecule has 0 bridgehead atoms. The lowest BCUT2D eigenvalue weighted by molar-refractivity contribution is -0.461. The van der Waals surface area contributed by atoms with Crippen molar-refractivity contribution in [2.75, 3.05) is 18.1 Å². The quantitative estimate of drug-likeness (QED) is 0.119. The molecule has 0 unspecified atom stereocenters. The Morgan fingerprint density at radius 3 is 1.39 bits per heavy atom. The van der Waals surface area contributed by atoms with Gasteiger partial charge in [0.25, 0.3) is 0 Å². The molecule has 0 saturated carbocycles. The van der Waals surface area contributed by atoms with Gasteiger partial charge in [0.05, 0.1) is 6.61 Å². The molecule has 0 N–H and O–H groups in total. The Kier molecular flexibility index (Phi) is 10.4. The zero-order valence-electron chi connectivity index (χ0n) is 17.4. The molecule has 36 heavy (non-hydrogen) atoms. The number of esters is 1. The predicted molar refractivity (Wildman–Crippen MR) is 88.5 cm³/mol. The van der Waals surface area contributed by atoms with E-state index in [1.165, 1.54) is 6.92 Å². The summed E-state index contributed by atoms with van der Waals surface area (Å²) in [5, 5.41) is 0. The zero-order chi connectivity index (χ0) is 29.2. The number of halogens is 17. The first-order chi connectivity index (χ1) is 15.7. The van der Waals surface area contributed by atoms with E-state index in [0.717, 1.165) is 0 Å². The lowest BCUT2D eigenvalue weighted by atomic mass is 9.88. The van der Waals surface area contributed by atoms with Gasteiger partial charge in [-0.25, -0.2) is 0 Å². The first-order valence-corrected chi connectivity index (χ1v) is 10.3. The van der Waals surface area contributed by atoms with Gasteiger partial charge in [-0.05, 0) is 24.9 Å². The Labute approximate surface area is 194 Å². The maximum atomic E-state index is 13.7. The SMILES string of the molecule is CCOC(=O)CCCSCCC(F)(F)C(F)(F)C(F)(F)C(F)(F)C(F)(F)C(F)(F)C(F)(F)C(F)(F)F. The minimum absolute atomic E-state index is 0.0368. The van der Waals surface area contributed by atoms with Crippen LogP contribution in [0.5, 0.6) is 0 Å². The monoisotopic (exact) mass is 594 g/mol. The second kappa shape index (κ2) is 10.8. The fourth-order valence-electron chi connectivity index (χ4n) is 2.21. The van der Waals surface area contributed by atoms with Crippen LogP contribution in [-0.2, 0) is 9.53 Å². The molecule has 0 heterocycles. The first-order valence-electron chi connectivity index (χ1n) is 9.15. The Bertz CT molecular complexity index is 747. The van der Waals surface area contributed by atoms with Crippen molar-refractivity contribution in [2.45, 2.75) is 73.8 Å². The molecule has 0 spiro atoms. The molecule has 0 saturated heterocycles. The van der Waals surface area contributed by atoms with Gasteiger partial charge in [-0.3, -0.25) is 4.79 Å². The highest BCUT2D eigenvalue weighted by molar-refractivity contribution is 7.99. The summed E-state index contributed by atoms with van der Waals surface area (Å²) < 4.78 is 228. The second-order valence-electron chi connectivity index (χ2n) is 6.92. The smallest absolute Gasteiger partial charge is 0.460 e. The van der Waals surface area contributed by atoms with Gasteiger partial charge in [0.15, 0.2) is 0 Å². The Morgan fingerprint density at radius 2 is 1.00 bits per heavy atom. The van der Waals surface area contributed by atoms with Crippen molar-refractivity contribution in [2.24, 2.45) is 0 Å². The molecule has 216 valence electrons. The van der Waals surface area contributed by atoms with Crippen LogP contribution in [0.4, 0.5) is 74.6 Å². The first kappa shape index (κ1) is 34.6. The molecular weight excluding hydrogens is 579 g/mol. The largest absolute Gasteiger partial charge is 0.466 e.